The van der Waals surface area contributed by atoms with Crippen molar-refractivity contribution < 1.29 is 14.3 Å². The highest BCUT2D eigenvalue weighted by Gasteiger charge is 2.17. The molecule has 5 aromatic rings. The standard InChI is InChI=1S/C33H28O3/c1-22(2)33(34)36-19-18-35-26-15-17-28-30(21-26)32(25-12-8-5-9-13-25)27-16-14-23(3)20-29(27)31(28)24-10-6-4-7-11-24/h4-17,20-21H,1,18-19H2,2-3H3. The molecule has 5 aromatic carbocycles. The van der Waals surface area contributed by atoms with E-state index in [2.05, 4.69) is 92.4 Å². The molecule has 3 nitrogen and oxygen atoms in total. The van der Waals surface area contributed by atoms with Crippen LogP contribution in [-0.4, -0.2) is 19.2 Å². The highest BCUT2D eigenvalue weighted by molar-refractivity contribution is 6.21. The van der Waals surface area contributed by atoms with Gasteiger partial charge in [-0.05, 0) is 69.8 Å². The Balaban J connectivity index is 1.70. The number of carbonyl (C=O) groups excluding carboxylic acids is 1. The molecule has 0 aromatic heterocycles. The average Bonchev–Trinajstić information content (AvgIpc) is 2.90. The molecular formula is C33H28O3. The number of hydrogen-bond acceptors (Lipinski definition) is 3. The molecule has 0 aliphatic carbocycles. The molecule has 0 spiro atoms. The van der Waals surface area contributed by atoms with Crippen LogP contribution in [0.2, 0.25) is 0 Å². The summed E-state index contributed by atoms with van der Waals surface area (Å²) in [6, 6.07) is 33.9. The van der Waals surface area contributed by atoms with E-state index in [0.717, 1.165) is 16.7 Å². The molecule has 0 N–H and O–H groups in total. The predicted molar refractivity (Wildman–Crippen MR) is 148 cm³/mol. The molecular weight excluding hydrogens is 444 g/mol. The van der Waals surface area contributed by atoms with Crippen LogP contribution < -0.4 is 4.74 Å². The Kier molecular flexibility index (Phi) is 6.55. The predicted octanol–water partition coefficient (Wildman–Crippen LogP) is 8.13. The first-order chi connectivity index (χ1) is 17.5. The summed E-state index contributed by atoms with van der Waals surface area (Å²) in [5.74, 6) is 0.328. The SMILES string of the molecule is C=C(C)C(=O)OCCOc1ccc2c(-c3ccccc3)c3cc(C)ccc3c(-c3ccccc3)c2c1. The van der Waals surface area contributed by atoms with Crippen LogP contribution in [-0.2, 0) is 9.53 Å². The van der Waals surface area contributed by atoms with Crippen LogP contribution in [0.4, 0.5) is 0 Å². The van der Waals surface area contributed by atoms with Gasteiger partial charge in [0.2, 0.25) is 0 Å². The molecule has 178 valence electrons. The number of ether oxygens (including phenoxy) is 2. The smallest absolute Gasteiger partial charge is 0.333 e. The van der Waals surface area contributed by atoms with E-state index in [4.69, 9.17) is 9.47 Å². The second-order valence-corrected chi connectivity index (χ2v) is 9.00. The topological polar surface area (TPSA) is 35.5 Å². The van der Waals surface area contributed by atoms with Crippen LogP contribution in [0.15, 0.2) is 109 Å². The zero-order chi connectivity index (χ0) is 25.1. The number of aryl methyl sites for hydroxylation is 1. The number of carbonyl (C=O) groups is 1. The van der Waals surface area contributed by atoms with Gasteiger partial charge in [-0.1, -0.05) is 97.1 Å². The van der Waals surface area contributed by atoms with Gasteiger partial charge in [-0.15, -0.1) is 0 Å². The van der Waals surface area contributed by atoms with Crippen molar-refractivity contribution in [2.75, 3.05) is 13.2 Å². The van der Waals surface area contributed by atoms with Gasteiger partial charge in [0.15, 0.2) is 0 Å². The van der Waals surface area contributed by atoms with Crippen molar-refractivity contribution in [2.24, 2.45) is 0 Å². The second-order valence-electron chi connectivity index (χ2n) is 9.00. The Hall–Kier alpha value is -4.37. The summed E-state index contributed by atoms with van der Waals surface area (Å²) in [7, 11) is 0. The third-order valence-corrected chi connectivity index (χ3v) is 6.30. The van der Waals surface area contributed by atoms with Crippen LogP contribution in [0.5, 0.6) is 5.75 Å². The maximum absolute atomic E-state index is 11.7. The monoisotopic (exact) mass is 472 g/mol. The summed E-state index contributed by atoms with van der Waals surface area (Å²) in [5, 5.41) is 4.71. The van der Waals surface area contributed by atoms with Crippen molar-refractivity contribution in [3.8, 4) is 28.0 Å². The van der Waals surface area contributed by atoms with Crippen molar-refractivity contribution in [1.29, 1.82) is 0 Å². The Morgan fingerprint density at radius 3 is 1.83 bits per heavy atom. The molecule has 5 rings (SSSR count). The van der Waals surface area contributed by atoms with Crippen LogP contribution in [0.25, 0.3) is 43.8 Å². The lowest BCUT2D eigenvalue weighted by Gasteiger charge is -2.19. The Morgan fingerprint density at radius 2 is 1.25 bits per heavy atom. The van der Waals surface area contributed by atoms with E-state index >= 15 is 0 Å². The van der Waals surface area contributed by atoms with E-state index in [0.29, 0.717) is 5.57 Å². The minimum atomic E-state index is -0.405. The highest BCUT2D eigenvalue weighted by Crippen LogP contribution is 2.44. The normalized spacial score (nSPS) is 10.9. The van der Waals surface area contributed by atoms with E-state index in [1.165, 1.54) is 38.4 Å². The van der Waals surface area contributed by atoms with Gasteiger partial charge in [0.25, 0.3) is 0 Å². The van der Waals surface area contributed by atoms with Crippen molar-refractivity contribution >= 4 is 27.5 Å². The highest BCUT2D eigenvalue weighted by atomic mass is 16.6. The summed E-state index contributed by atoms with van der Waals surface area (Å²) in [5.41, 5.74) is 6.33. The Bertz CT molecular complexity index is 1570. The van der Waals surface area contributed by atoms with Crippen molar-refractivity contribution in [1.82, 2.24) is 0 Å². The number of benzene rings is 5. The van der Waals surface area contributed by atoms with Crippen LogP contribution in [0.3, 0.4) is 0 Å². The lowest BCUT2D eigenvalue weighted by Crippen LogP contribution is -2.12. The van der Waals surface area contributed by atoms with E-state index in [9.17, 15) is 4.79 Å². The first kappa shape index (κ1) is 23.4. The molecule has 0 amide bonds. The maximum atomic E-state index is 11.7. The number of rotatable bonds is 7. The second kappa shape index (κ2) is 10.1. The molecule has 0 bridgehead atoms. The van der Waals surface area contributed by atoms with Crippen LogP contribution in [0, 0.1) is 6.92 Å². The summed E-state index contributed by atoms with van der Waals surface area (Å²) >= 11 is 0. The van der Waals surface area contributed by atoms with Crippen LogP contribution >= 0.6 is 0 Å². The largest absolute Gasteiger partial charge is 0.490 e. The molecule has 0 radical (unpaired) electrons. The van der Waals surface area contributed by atoms with E-state index in [1.54, 1.807) is 6.92 Å². The van der Waals surface area contributed by atoms with E-state index in [-0.39, 0.29) is 13.2 Å². The van der Waals surface area contributed by atoms with Crippen molar-refractivity contribution in [3.63, 3.8) is 0 Å². The summed E-state index contributed by atoms with van der Waals surface area (Å²) < 4.78 is 11.2. The fraction of sp³-hybridized carbons (Fsp3) is 0.121. The van der Waals surface area contributed by atoms with Crippen molar-refractivity contribution in [3.05, 3.63) is 115 Å². The zero-order valence-corrected chi connectivity index (χ0v) is 20.6. The third kappa shape index (κ3) is 4.60. The molecule has 0 saturated carbocycles. The first-order valence-corrected chi connectivity index (χ1v) is 12.1. The molecule has 0 fully saturated rings. The van der Waals surface area contributed by atoms with Gasteiger partial charge in [-0.25, -0.2) is 4.79 Å². The van der Waals surface area contributed by atoms with Gasteiger partial charge in [-0.2, -0.15) is 0 Å². The number of esters is 1. The summed E-state index contributed by atoms with van der Waals surface area (Å²) in [4.78, 5) is 11.7. The van der Waals surface area contributed by atoms with Gasteiger partial charge in [0, 0.05) is 5.57 Å². The lowest BCUT2D eigenvalue weighted by atomic mass is 9.85. The van der Waals surface area contributed by atoms with Gasteiger partial charge in [-0.3, -0.25) is 0 Å². The molecule has 0 aliphatic heterocycles. The Labute approximate surface area is 211 Å². The van der Waals surface area contributed by atoms with Gasteiger partial charge >= 0.3 is 5.97 Å². The molecule has 0 atom stereocenters. The van der Waals surface area contributed by atoms with Gasteiger partial charge in [0.05, 0.1) is 0 Å². The average molecular weight is 473 g/mol. The molecule has 3 heteroatoms. The fourth-order valence-corrected chi connectivity index (χ4v) is 4.66. The van der Waals surface area contributed by atoms with E-state index < -0.39 is 5.97 Å². The maximum Gasteiger partial charge on any atom is 0.333 e. The van der Waals surface area contributed by atoms with Crippen molar-refractivity contribution in [2.45, 2.75) is 13.8 Å². The summed E-state index contributed by atoms with van der Waals surface area (Å²) in [6.45, 7) is 7.82. The van der Waals surface area contributed by atoms with Gasteiger partial charge in [0.1, 0.15) is 19.0 Å². The lowest BCUT2D eigenvalue weighted by molar-refractivity contribution is -0.139. The number of fused-ring (bicyclic) bond motifs is 2. The molecule has 0 heterocycles. The first-order valence-electron chi connectivity index (χ1n) is 12.1. The molecule has 0 saturated heterocycles. The number of hydrogen-bond donors (Lipinski definition) is 0. The molecule has 36 heavy (non-hydrogen) atoms. The Morgan fingerprint density at radius 1 is 0.694 bits per heavy atom. The van der Waals surface area contributed by atoms with E-state index in [1.807, 2.05) is 18.2 Å². The quantitative estimate of drug-likeness (QED) is 0.104. The minimum Gasteiger partial charge on any atom is -0.490 e. The fourth-order valence-electron chi connectivity index (χ4n) is 4.66. The third-order valence-electron chi connectivity index (χ3n) is 6.30. The summed E-state index contributed by atoms with van der Waals surface area (Å²) in [6.07, 6.45) is 0. The van der Waals surface area contributed by atoms with Crippen LogP contribution in [0.1, 0.15) is 12.5 Å². The van der Waals surface area contributed by atoms with Gasteiger partial charge < -0.3 is 9.47 Å². The minimum absolute atomic E-state index is 0.168. The molecule has 0 unspecified atom stereocenters. The molecule has 0 aliphatic rings. The zero-order valence-electron chi connectivity index (χ0n) is 20.6.